The highest BCUT2D eigenvalue weighted by Crippen LogP contribution is 2.19. The number of rotatable bonds is 3. The van der Waals surface area contributed by atoms with Crippen molar-refractivity contribution in [1.82, 2.24) is 9.78 Å². The summed E-state index contributed by atoms with van der Waals surface area (Å²) in [6, 6.07) is 0. The van der Waals surface area contributed by atoms with Crippen LogP contribution in [0.4, 0.5) is 0 Å². The first-order valence-electron chi connectivity index (χ1n) is 3.82. The van der Waals surface area contributed by atoms with E-state index >= 15 is 0 Å². The monoisotopic (exact) mass is 184 g/mol. The third-order valence-corrected chi connectivity index (χ3v) is 1.75. The van der Waals surface area contributed by atoms with Gasteiger partial charge in [0, 0.05) is 14.2 Å². The van der Waals surface area contributed by atoms with Gasteiger partial charge in [-0.15, -0.1) is 0 Å². The molecule has 0 bridgehead atoms. The molecule has 0 aliphatic rings. The highest BCUT2D eigenvalue weighted by atomic mass is 16.5. The Morgan fingerprint density at radius 2 is 2.31 bits per heavy atom. The Balaban J connectivity index is 3.06. The first-order chi connectivity index (χ1) is 6.07. The first-order valence-corrected chi connectivity index (χ1v) is 3.82. The van der Waals surface area contributed by atoms with Crippen LogP contribution in [0, 0.1) is 6.92 Å². The number of carbonyl (C=O) groups excluding carboxylic acids is 1. The zero-order valence-electron chi connectivity index (χ0n) is 7.87. The van der Waals surface area contributed by atoms with Crippen LogP contribution in [0.25, 0.3) is 0 Å². The second kappa shape index (κ2) is 3.57. The second-order valence-electron chi connectivity index (χ2n) is 2.76. The molecule has 0 radical (unpaired) electrons. The van der Waals surface area contributed by atoms with Gasteiger partial charge in [0.15, 0.2) is 5.78 Å². The molecule has 0 aromatic carbocycles. The fraction of sp³-hybridized carbons (Fsp3) is 0.500. The van der Waals surface area contributed by atoms with E-state index < -0.39 is 0 Å². The van der Waals surface area contributed by atoms with Crippen LogP contribution in [0.1, 0.15) is 16.1 Å². The van der Waals surface area contributed by atoms with E-state index in [2.05, 4.69) is 9.84 Å². The smallest absolute Gasteiger partial charge is 0.220 e. The van der Waals surface area contributed by atoms with Gasteiger partial charge in [-0.3, -0.25) is 4.79 Å². The van der Waals surface area contributed by atoms with Crippen LogP contribution in [0.5, 0.6) is 5.88 Å². The molecule has 5 heteroatoms. The summed E-state index contributed by atoms with van der Waals surface area (Å²) >= 11 is 0. The molecule has 0 unspecified atom stereocenters. The number of nitrogens with zero attached hydrogens (tertiary/aromatic N) is 2. The summed E-state index contributed by atoms with van der Waals surface area (Å²) < 4.78 is 5.94. The van der Waals surface area contributed by atoms with Crippen molar-refractivity contribution in [2.24, 2.45) is 7.05 Å². The van der Waals surface area contributed by atoms with Crippen LogP contribution in [-0.4, -0.2) is 34.4 Å². The molecule has 72 valence electrons. The number of ether oxygens (including phenoxy) is 1. The fourth-order valence-corrected chi connectivity index (χ4v) is 1.18. The lowest BCUT2D eigenvalue weighted by molar-refractivity contribution is 0.0844. The van der Waals surface area contributed by atoms with E-state index in [4.69, 9.17) is 0 Å². The summed E-state index contributed by atoms with van der Waals surface area (Å²) in [6.07, 6.45) is 0. The maximum absolute atomic E-state index is 11.4. The molecule has 0 aliphatic carbocycles. The van der Waals surface area contributed by atoms with Gasteiger partial charge in [-0.2, -0.15) is 5.10 Å². The van der Waals surface area contributed by atoms with Crippen LogP contribution in [0.2, 0.25) is 0 Å². The molecule has 0 atom stereocenters. The van der Waals surface area contributed by atoms with Crippen molar-refractivity contribution in [1.29, 1.82) is 0 Å². The zero-order chi connectivity index (χ0) is 10.0. The summed E-state index contributed by atoms with van der Waals surface area (Å²) in [6.45, 7) is 1.63. The molecule has 1 heterocycles. The number of methoxy groups -OCH3 is 1. The maximum Gasteiger partial charge on any atom is 0.220 e. The molecule has 0 fully saturated rings. The number of ketones is 1. The molecular weight excluding hydrogens is 172 g/mol. The van der Waals surface area contributed by atoms with Gasteiger partial charge in [0.05, 0.1) is 5.69 Å². The molecule has 0 saturated heterocycles. The number of hydrogen-bond acceptors (Lipinski definition) is 4. The topological polar surface area (TPSA) is 64.3 Å². The molecule has 1 rings (SSSR count). The maximum atomic E-state index is 11.4. The van der Waals surface area contributed by atoms with Crippen LogP contribution >= 0.6 is 0 Å². The van der Waals surface area contributed by atoms with Crippen molar-refractivity contribution in [3.05, 3.63) is 11.3 Å². The largest absolute Gasteiger partial charge is 0.493 e. The fourth-order valence-electron chi connectivity index (χ4n) is 1.18. The molecule has 0 amide bonds. The van der Waals surface area contributed by atoms with Gasteiger partial charge >= 0.3 is 0 Å². The van der Waals surface area contributed by atoms with Crippen LogP contribution < -0.4 is 0 Å². The van der Waals surface area contributed by atoms with Gasteiger partial charge < -0.3 is 9.84 Å². The van der Waals surface area contributed by atoms with Crippen LogP contribution in [0.15, 0.2) is 0 Å². The average Bonchev–Trinajstić information content (AvgIpc) is 2.27. The summed E-state index contributed by atoms with van der Waals surface area (Å²) in [5, 5.41) is 13.3. The molecule has 0 saturated carbocycles. The lowest BCUT2D eigenvalue weighted by atomic mass is 10.2. The van der Waals surface area contributed by atoms with E-state index in [-0.39, 0.29) is 23.8 Å². The lowest BCUT2D eigenvalue weighted by Gasteiger charge is -1.98. The summed E-state index contributed by atoms with van der Waals surface area (Å²) in [7, 11) is 3.01. The number of hydrogen-bond donors (Lipinski definition) is 1. The average molecular weight is 184 g/mol. The molecule has 1 aromatic rings. The molecular formula is C8H12N2O3. The van der Waals surface area contributed by atoms with E-state index in [1.54, 1.807) is 14.0 Å². The quantitative estimate of drug-likeness (QED) is 0.684. The van der Waals surface area contributed by atoms with Gasteiger partial charge in [0.1, 0.15) is 12.2 Å². The Labute approximate surface area is 75.9 Å². The Hall–Kier alpha value is -1.36. The Kier molecular flexibility index (Phi) is 2.67. The van der Waals surface area contributed by atoms with Gasteiger partial charge in [-0.25, -0.2) is 4.68 Å². The van der Waals surface area contributed by atoms with Gasteiger partial charge in [-0.05, 0) is 6.92 Å². The summed E-state index contributed by atoms with van der Waals surface area (Å²) in [4.78, 5) is 11.4. The van der Waals surface area contributed by atoms with E-state index in [0.29, 0.717) is 5.69 Å². The van der Waals surface area contributed by atoms with E-state index in [9.17, 15) is 9.90 Å². The molecule has 0 spiro atoms. The minimum absolute atomic E-state index is 0.0416. The number of carbonyl (C=O) groups is 1. The van der Waals surface area contributed by atoms with E-state index in [1.807, 2.05) is 0 Å². The number of aromatic hydroxyl groups is 1. The standard InChI is InChI=1S/C8H12N2O3/c1-5-7(6(11)4-13-3)8(12)10(2)9-5/h12H,4H2,1-3H3. The number of aromatic nitrogens is 2. The van der Waals surface area contributed by atoms with Crippen molar-refractivity contribution in [2.75, 3.05) is 13.7 Å². The van der Waals surface area contributed by atoms with Crippen molar-refractivity contribution >= 4 is 5.78 Å². The lowest BCUT2D eigenvalue weighted by Crippen LogP contribution is -2.07. The van der Waals surface area contributed by atoms with Crippen molar-refractivity contribution in [3.8, 4) is 5.88 Å². The SMILES string of the molecule is COCC(=O)c1c(C)nn(C)c1O. The summed E-state index contributed by atoms with van der Waals surface area (Å²) in [5.74, 6) is -0.370. The minimum atomic E-state index is -0.259. The van der Waals surface area contributed by atoms with E-state index in [0.717, 1.165) is 0 Å². The zero-order valence-corrected chi connectivity index (χ0v) is 7.87. The van der Waals surface area contributed by atoms with Gasteiger partial charge in [0.2, 0.25) is 5.88 Å². The predicted molar refractivity (Wildman–Crippen MR) is 45.8 cm³/mol. The van der Waals surface area contributed by atoms with Crippen LogP contribution in [0.3, 0.4) is 0 Å². The number of aryl methyl sites for hydroxylation is 2. The van der Waals surface area contributed by atoms with Gasteiger partial charge in [0.25, 0.3) is 0 Å². The normalized spacial score (nSPS) is 10.4. The number of Topliss-reactive ketones (excluding diaryl/α,β-unsaturated/α-hetero) is 1. The molecule has 1 aromatic heterocycles. The highest BCUT2D eigenvalue weighted by Gasteiger charge is 2.18. The van der Waals surface area contributed by atoms with Crippen molar-refractivity contribution < 1.29 is 14.6 Å². The summed E-state index contributed by atoms with van der Waals surface area (Å²) in [5.41, 5.74) is 0.756. The molecule has 13 heavy (non-hydrogen) atoms. The third-order valence-electron chi connectivity index (χ3n) is 1.75. The Bertz CT molecular complexity index is 330. The third kappa shape index (κ3) is 1.70. The molecule has 5 nitrogen and oxygen atoms in total. The predicted octanol–water partition coefficient (Wildman–Crippen LogP) is 0.263. The minimum Gasteiger partial charge on any atom is -0.493 e. The van der Waals surface area contributed by atoms with Crippen LogP contribution in [-0.2, 0) is 11.8 Å². The first kappa shape index (κ1) is 9.73. The Morgan fingerprint density at radius 3 is 2.69 bits per heavy atom. The molecule has 1 N–H and O–H groups in total. The Morgan fingerprint density at radius 1 is 1.69 bits per heavy atom. The van der Waals surface area contributed by atoms with Gasteiger partial charge in [-0.1, -0.05) is 0 Å². The second-order valence-corrected chi connectivity index (χ2v) is 2.76. The molecule has 0 aliphatic heterocycles. The van der Waals surface area contributed by atoms with E-state index in [1.165, 1.54) is 11.8 Å². The highest BCUT2D eigenvalue weighted by molar-refractivity contribution is 6.00. The van der Waals surface area contributed by atoms with Crippen molar-refractivity contribution in [2.45, 2.75) is 6.92 Å². The van der Waals surface area contributed by atoms with Crippen molar-refractivity contribution in [3.63, 3.8) is 0 Å².